The Labute approximate surface area is 112 Å². The fraction of sp³-hybridized carbons (Fsp3) is 0.462. The maximum absolute atomic E-state index is 12.4. The van der Waals surface area contributed by atoms with Crippen molar-refractivity contribution in [2.24, 2.45) is 0 Å². The van der Waals surface area contributed by atoms with Crippen LogP contribution in [0.3, 0.4) is 0 Å². The molecule has 0 aliphatic carbocycles. The first kappa shape index (κ1) is 13.2. The van der Waals surface area contributed by atoms with E-state index in [0.29, 0.717) is 36.0 Å². The van der Waals surface area contributed by atoms with Crippen molar-refractivity contribution in [1.29, 1.82) is 0 Å². The molecule has 1 aromatic rings. The van der Waals surface area contributed by atoms with Crippen molar-refractivity contribution in [2.75, 3.05) is 25.4 Å². The number of hydrogen-bond acceptors (Lipinski definition) is 3. The number of nitrogen functional groups attached to an aromatic ring is 1. The van der Waals surface area contributed by atoms with Gasteiger partial charge in [0.1, 0.15) is 0 Å². The van der Waals surface area contributed by atoms with Gasteiger partial charge in [0, 0.05) is 18.8 Å². The third-order valence-corrected chi connectivity index (χ3v) is 3.29. The lowest BCUT2D eigenvalue weighted by Crippen LogP contribution is -2.50. The highest BCUT2D eigenvalue weighted by Crippen LogP contribution is 2.26. The molecule has 1 amide bonds. The maximum atomic E-state index is 12.4. The molecule has 1 saturated heterocycles. The Hall–Kier alpha value is -1.26. The molecule has 5 heteroatoms. The van der Waals surface area contributed by atoms with Crippen LogP contribution in [0.4, 0.5) is 5.69 Å². The number of carbonyl (C=O) groups excluding carboxylic acids is 1. The average molecular weight is 269 g/mol. The normalized spacial score (nSPS) is 18.7. The molecule has 0 radical (unpaired) electrons. The van der Waals surface area contributed by atoms with Gasteiger partial charge in [-0.2, -0.15) is 0 Å². The number of amides is 1. The molecule has 0 saturated carbocycles. The molecular formula is C13H17ClN2O2. The van der Waals surface area contributed by atoms with Crippen LogP contribution >= 0.6 is 11.6 Å². The number of nitrogens with zero attached hydrogens (tertiary/aromatic N) is 1. The van der Waals surface area contributed by atoms with Crippen LogP contribution < -0.4 is 5.73 Å². The van der Waals surface area contributed by atoms with Crippen LogP contribution in [0, 0.1) is 0 Å². The molecule has 0 aromatic heterocycles. The molecule has 1 aliphatic heterocycles. The Morgan fingerprint density at radius 1 is 1.50 bits per heavy atom. The predicted molar refractivity (Wildman–Crippen MR) is 71.8 cm³/mol. The van der Waals surface area contributed by atoms with Gasteiger partial charge >= 0.3 is 0 Å². The van der Waals surface area contributed by atoms with Crippen LogP contribution in [-0.2, 0) is 4.74 Å². The van der Waals surface area contributed by atoms with Gasteiger partial charge in [-0.3, -0.25) is 4.79 Å². The standard InChI is InChI=1S/C13H17ClN2O2/c1-13(2)8-16(6-7-18-13)12(17)11-9(14)4-3-5-10(11)15/h3-5H,6-8,15H2,1-2H3. The summed E-state index contributed by atoms with van der Waals surface area (Å²) in [4.78, 5) is 14.2. The molecule has 2 N–H and O–H groups in total. The van der Waals surface area contributed by atoms with Gasteiger partial charge in [-0.1, -0.05) is 17.7 Å². The summed E-state index contributed by atoms with van der Waals surface area (Å²) in [5.74, 6) is -0.130. The molecule has 1 fully saturated rings. The van der Waals surface area contributed by atoms with Crippen LogP contribution in [0.15, 0.2) is 18.2 Å². The van der Waals surface area contributed by atoms with E-state index in [4.69, 9.17) is 22.1 Å². The number of benzene rings is 1. The van der Waals surface area contributed by atoms with E-state index in [9.17, 15) is 4.79 Å². The van der Waals surface area contributed by atoms with E-state index in [1.807, 2.05) is 13.8 Å². The van der Waals surface area contributed by atoms with E-state index >= 15 is 0 Å². The number of rotatable bonds is 1. The van der Waals surface area contributed by atoms with Gasteiger partial charge in [-0.15, -0.1) is 0 Å². The van der Waals surface area contributed by atoms with Gasteiger partial charge in [-0.25, -0.2) is 0 Å². The Balaban J connectivity index is 2.26. The average Bonchev–Trinajstić information content (AvgIpc) is 2.27. The monoisotopic (exact) mass is 268 g/mol. The van der Waals surface area contributed by atoms with Crippen molar-refractivity contribution >= 4 is 23.2 Å². The summed E-state index contributed by atoms with van der Waals surface area (Å²) in [6, 6.07) is 5.10. The minimum atomic E-state index is -0.329. The SMILES string of the molecule is CC1(C)CN(C(=O)c2c(N)cccc2Cl)CCO1. The molecule has 0 atom stereocenters. The smallest absolute Gasteiger partial charge is 0.257 e. The van der Waals surface area contributed by atoms with Crippen LogP contribution in [-0.4, -0.2) is 36.1 Å². The zero-order valence-corrected chi connectivity index (χ0v) is 11.3. The molecule has 1 aromatic carbocycles. The Kier molecular flexibility index (Phi) is 3.50. The van der Waals surface area contributed by atoms with E-state index in [1.54, 1.807) is 23.1 Å². The third kappa shape index (κ3) is 2.60. The predicted octanol–water partition coefficient (Wildman–Crippen LogP) is 2.17. The molecule has 98 valence electrons. The second kappa shape index (κ2) is 4.78. The summed E-state index contributed by atoms with van der Waals surface area (Å²) in [7, 11) is 0. The summed E-state index contributed by atoms with van der Waals surface area (Å²) < 4.78 is 5.58. The summed E-state index contributed by atoms with van der Waals surface area (Å²) in [6.45, 7) is 5.55. The van der Waals surface area contributed by atoms with E-state index in [1.165, 1.54) is 0 Å². The number of nitrogens with two attached hydrogens (primary N) is 1. The topological polar surface area (TPSA) is 55.6 Å². The molecular weight excluding hydrogens is 252 g/mol. The van der Waals surface area contributed by atoms with E-state index < -0.39 is 0 Å². The van der Waals surface area contributed by atoms with Gasteiger partial charge < -0.3 is 15.4 Å². The van der Waals surface area contributed by atoms with Crippen molar-refractivity contribution < 1.29 is 9.53 Å². The molecule has 1 heterocycles. The van der Waals surface area contributed by atoms with Crippen molar-refractivity contribution in [3.63, 3.8) is 0 Å². The summed E-state index contributed by atoms with van der Waals surface area (Å²) >= 11 is 6.06. The lowest BCUT2D eigenvalue weighted by molar-refractivity contribution is -0.0763. The van der Waals surface area contributed by atoms with Crippen LogP contribution in [0.25, 0.3) is 0 Å². The zero-order chi connectivity index (χ0) is 13.3. The van der Waals surface area contributed by atoms with Gasteiger partial charge in [-0.05, 0) is 26.0 Å². The van der Waals surface area contributed by atoms with Gasteiger partial charge in [0.05, 0.1) is 22.8 Å². The number of halogens is 1. The van der Waals surface area contributed by atoms with Crippen LogP contribution in [0.2, 0.25) is 5.02 Å². The van der Waals surface area contributed by atoms with E-state index in [2.05, 4.69) is 0 Å². The second-order valence-corrected chi connectivity index (χ2v) is 5.45. The Morgan fingerprint density at radius 3 is 2.83 bits per heavy atom. The zero-order valence-electron chi connectivity index (χ0n) is 10.6. The van der Waals surface area contributed by atoms with Crippen molar-refractivity contribution in [3.05, 3.63) is 28.8 Å². The first-order valence-corrected chi connectivity index (χ1v) is 6.26. The summed E-state index contributed by atoms with van der Waals surface area (Å²) in [5.41, 5.74) is 6.30. The first-order valence-electron chi connectivity index (χ1n) is 5.88. The van der Waals surface area contributed by atoms with Gasteiger partial charge in [0.25, 0.3) is 5.91 Å². The van der Waals surface area contributed by atoms with Gasteiger partial charge in [0.2, 0.25) is 0 Å². The lowest BCUT2D eigenvalue weighted by atomic mass is 10.1. The molecule has 0 spiro atoms. The quantitative estimate of drug-likeness (QED) is 0.794. The minimum absolute atomic E-state index is 0.130. The highest BCUT2D eigenvalue weighted by molar-refractivity contribution is 6.34. The van der Waals surface area contributed by atoms with E-state index in [0.717, 1.165) is 0 Å². The number of ether oxygens (including phenoxy) is 1. The van der Waals surface area contributed by atoms with Gasteiger partial charge in [0.15, 0.2) is 0 Å². The Morgan fingerprint density at radius 2 is 2.22 bits per heavy atom. The Bertz CT molecular complexity index is 454. The summed E-state index contributed by atoms with van der Waals surface area (Å²) in [6.07, 6.45) is 0. The van der Waals surface area contributed by atoms with E-state index in [-0.39, 0.29) is 11.5 Å². The fourth-order valence-corrected chi connectivity index (χ4v) is 2.38. The fourth-order valence-electron chi connectivity index (χ4n) is 2.11. The second-order valence-electron chi connectivity index (χ2n) is 5.04. The molecule has 1 aliphatic rings. The number of morpholine rings is 1. The van der Waals surface area contributed by atoms with Crippen LogP contribution in [0.5, 0.6) is 0 Å². The lowest BCUT2D eigenvalue weighted by Gasteiger charge is -2.38. The van der Waals surface area contributed by atoms with Crippen molar-refractivity contribution in [1.82, 2.24) is 4.90 Å². The molecule has 4 nitrogen and oxygen atoms in total. The number of anilines is 1. The minimum Gasteiger partial charge on any atom is -0.398 e. The highest BCUT2D eigenvalue weighted by atomic mass is 35.5. The highest BCUT2D eigenvalue weighted by Gasteiger charge is 2.31. The largest absolute Gasteiger partial charge is 0.398 e. The third-order valence-electron chi connectivity index (χ3n) is 2.97. The first-order chi connectivity index (χ1) is 8.41. The molecule has 0 bridgehead atoms. The summed E-state index contributed by atoms with van der Waals surface area (Å²) in [5, 5.41) is 0.393. The van der Waals surface area contributed by atoms with Crippen molar-refractivity contribution in [3.8, 4) is 0 Å². The van der Waals surface area contributed by atoms with Crippen molar-refractivity contribution in [2.45, 2.75) is 19.4 Å². The molecule has 0 unspecified atom stereocenters. The van der Waals surface area contributed by atoms with Crippen LogP contribution in [0.1, 0.15) is 24.2 Å². The number of carbonyl (C=O) groups is 1. The molecule has 18 heavy (non-hydrogen) atoms. The number of hydrogen-bond donors (Lipinski definition) is 1. The maximum Gasteiger partial charge on any atom is 0.257 e. The molecule has 2 rings (SSSR count).